The zero-order valence-electron chi connectivity index (χ0n) is 22.4. The van der Waals surface area contributed by atoms with Crippen LogP contribution in [-0.2, 0) is 4.79 Å². The van der Waals surface area contributed by atoms with Crippen LogP contribution in [0.3, 0.4) is 0 Å². The molecule has 1 fully saturated rings. The van der Waals surface area contributed by atoms with Crippen LogP contribution >= 0.6 is 0 Å². The summed E-state index contributed by atoms with van der Waals surface area (Å²) >= 11 is 0. The number of nitrogens with zero attached hydrogens (tertiary/aromatic N) is 5. The van der Waals surface area contributed by atoms with Crippen LogP contribution in [-0.4, -0.2) is 67.3 Å². The van der Waals surface area contributed by atoms with Crippen LogP contribution in [0.1, 0.15) is 0 Å². The van der Waals surface area contributed by atoms with Gasteiger partial charge in [0.15, 0.2) is 0 Å². The lowest BCUT2D eigenvalue weighted by Crippen LogP contribution is -2.57. The third kappa shape index (κ3) is 6.41. The number of amides is 1. The average Bonchev–Trinajstić information content (AvgIpc) is 2.90. The van der Waals surface area contributed by atoms with Crippen LogP contribution in [0.2, 0.25) is 0 Å². The highest BCUT2D eigenvalue weighted by molar-refractivity contribution is 5.99. The Labute approximate surface area is 231 Å². The Bertz CT molecular complexity index is 1470. The molecule has 1 aromatic heterocycles. The minimum absolute atomic E-state index is 0.0323. The topological polar surface area (TPSA) is 124 Å². The maximum Gasteiger partial charge on any atom is 0.247 e. The third-order valence-electron chi connectivity index (χ3n) is 6.36. The number of hydrogen-bond acceptors (Lipinski definition) is 9. The summed E-state index contributed by atoms with van der Waals surface area (Å²) in [6.45, 7) is 4.89. The highest BCUT2D eigenvalue weighted by Gasteiger charge is 2.30. The summed E-state index contributed by atoms with van der Waals surface area (Å²) < 4.78 is 30.1. The predicted molar refractivity (Wildman–Crippen MR) is 156 cm³/mol. The van der Waals surface area contributed by atoms with Gasteiger partial charge in [-0.05, 0) is 56.1 Å². The zero-order chi connectivity index (χ0) is 28.8. The fourth-order valence-electron chi connectivity index (χ4n) is 4.06. The summed E-state index contributed by atoms with van der Waals surface area (Å²) in [5.74, 6) is -1.09. The van der Waals surface area contributed by atoms with Crippen LogP contribution in [0, 0.1) is 11.6 Å². The molecule has 10 nitrogen and oxygen atoms in total. The smallest absolute Gasteiger partial charge is 0.247 e. The van der Waals surface area contributed by atoms with Crippen LogP contribution in [0.5, 0.6) is 0 Å². The minimum atomic E-state index is -0.592. The van der Waals surface area contributed by atoms with Crippen molar-refractivity contribution in [2.45, 2.75) is 6.04 Å². The first-order chi connectivity index (χ1) is 19.2. The number of nitrogens with two attached hydrogens (primary N) is 1. The van der Waals surface area contributed by atoms with E-state index in [1.165, 1.54) is 42.9 Å². The van der Waals surface area contributed by atoms with Crippen LogP contribution in [0.25, 0.3) is 11.1 Å². The summed E-state index contributed by atoms with van der Waals surface area (Å²) in [6, 6.07) is 9.30. The van der Waals surface area contributed by atoms with Crippen molar-refractivity contribution < 1.29 is 13.6 Å². The molecule has 0 atom stereocenters. The number of carbonyl (C=O) groups excluding carboxylic acids is 1. The number of aromatic nitrogens is 2. The van der Waals surface area contributed by atoms with Gasteiger partial charge in [0.2, 0.25) is 11.9 Å². The molecule has 208 valence electrons. The van der Waals surface area contributed by atoms with Gasteiger partial charge in [-0.3, -0.25) is 9.79 Å². The van der Waals surface area contributed by atoms with Crippen molar-refractivity contribution in [3.63, 3.8) is 0 Å². The maximum absolute atomic E-state index is 15.3. The second-order valence-electron chi connectivity index (χ2n) is 9.29. The van der Waals surface area contributed by atoms with Crippen LogP contribution in [0.15, 0.2) is 72.1 Å². The molecule has 2 aromatic carbocycles. The minimum Gasteiger partial charge on any atom is -0.403 e. The maximum atomic E-state index is 15.3. The number of hydrogen-bond donors (Lipinski definition) is 4. The molecule has 0 saturated carbocycles. The van der Waals surface area contributed by atoms with Crippen molar-refractivity contribution in [1.82, 2.24) is 14.9 Å². The Kier molecular flexibility index (Phi) is 8.70. The van der Waals surface area contributed by atoms with E-state index in [4.69, 9.17) is 5.73 Å². The Hall–Kier alpha value is -4.84. The molecule has 2 heterocycles. The normalized spacial score (nSPS) is 13.8. The van der Waals surface area contributed by atoms with E-state index in [1.807, 2.05) is 19.0 Å². The van der Waals surface area contributed by atoms with Crippen molar-refractivity contribution in [3.8, 4) is 11.1 Å². The lowest BCUT2D eigenvalue weighted by Gasteiger charge is -2.44. The van der Waals surface area contributed by atoms with E-state index in [-0.39, 0.29) is 17.5 Å². The molecule has 0 aliphatic carbocycles. The fourth-order valence-corrected chi connectivity index (χ4v) is 4.06. The number of benzene rings is 2. The van der Waals surface area contributed by atoms with Crippen molar-refractivity contribution >= 4 is 41.0 Å². The molecule has 4 rings (SSSR count). The van der Waals surface area contributed by atoms with Gasteiger partial charge >= 0.3 is 0 Å². The molecule has 12 heteroatoms. The summed E-state index contributed by atoms with van der Waals surface area (Å²) in [4.78, 5) is 28.6. The fraction of sp³-hybridized carbons (Fsp3) is 0.214. The van der Waals surface area contributed by atoms with E-state index in [2.05, 4.69) is 42.4 Å². The monoisotopic (exact) mass is 547 g/mol. The zero-order valence-corrected chi connectivity index (χ0v) is 22.4. The molecular formula is C28H31F2N9O. The van der Waals surface area contributed by atoms with Gasteiger partial charge in [0.1, 0.15) is 17.5 Å². The largest absolute Gasteiger partial charge is 0.403 e. The number of aliphatic imine (C=N–C) groups is 1. The van der Waals surface area contributed by atoms with E-state index < -0.39 is 17.5 Å². The molecule has 1 amide bonds. The number of allylic oxidation sites excluding steroid dienone is 1. The molecule has 40 heavy (non-hydrogen) atoms. The summed E-state index contributed by atoms with van der Waals surface area (Å²) in [5.41, 5.74) is 7.87. The number of carbonyl (C=O) groups is 1. The van der Waals surface area contributed by atoms with E-state index in [9.17, 15) is 9.18 Å². The van der Waals surface area contributed by atoms with Gasteiger partial charge in [-0.2, -0.15) is 4.98 Å². The average molecular weight is 548 g/mol. The van der Waals surface area contributed by atoms with Crippen molar-refractivity contribution in [1.29, 1.82) is 0 Å². The van der Waals surface area contributed by atoms with Gasteiger partial charge < -0.3 is 31.5 Å². The first-order valence-corrected chi connectivity index (χ1v) is 12.4. The molecule has 1 saturated heterocycles. The Morgan fingerprint density at radius 2 is 1.95 bits per heavy atom. The molecule has 0 bridgehead atoms. The lowest BCUT2D eigenvalue weighted by atomic mass is 10.0. The first-order valence-electron chi connectivity index (χ1n) is 12.4. The molecule has 0 radical (unpaired) electrons. The van der Waals surface area contributed by atoms with E-state index in [0.717, 1.165) is 19.2 Å². The Morgan fingerprint density at radius 3 is 2.60 bits per heavy atom. The Balaban J connectivity index is 1.71. The number of halogens is 2. The van der Waals surface area contributed by atoms with Crippen molar-refractivity contribution in [2.24, 2.45) is 10.7 Å². The number of rotatable bonds is 10. The van der Waals surface area contributed by atoms with E-state index in [0.29, 0.717) is 34.2 Å². The van der Waals surface area contributed by atoms with Gasteiger partial charge in [0, 0.05) is 56.0 Å². The lowest BCUT2D eigenvalue weighted by molar-refractivity contribution is -0.111. The van der Waals surface area contributed by atoms with Gasteiger partial charge in [0.25, 0.3) is 0 Å². The van der Waals surface area contributed by atoms with Crippen LogP contribution in [0.4, 0.5) is 37.6 Å². The van der Waals surface area contributed by atoms with Gasteiger partial charge in [-0.25, -0.2) is 13.8 Å². The second kappa shape index (κ2) is 12.3. The quantitative estimate of drug-likeness (QED) is 0.222. The van der Waals surface area contributed by atoms with Crippen LogP contribution < -0.4 is 26.6 Å². The SMILES string of the molecule is C=CC(=O)Nc1ccc(F)c(Nc2nc(N/C(C=NC)=C/N)ncc2-c2ccc(N3CC(N(C)C)C3)c(F)c2)c1. The molecular weight excluding hydrogens is 516 g/mol. The number of anilines is 5. The summed E-state index contributed by atoms with van der Waals surface area (Å²) in [6.07, 6.45) is 5.39. The Morgan fingerprint density at radius 1 is 1.18 bits per heavy atom. The molecule has 5 N–H and O–H groups in total. The third-order valence-corrected chi connectivity index (χ3v) is 6.36. The molecule has 0 spiro atoms. The second-order valence-corrected chi connectivity index (χ2v) is 9.29. The first kappa shape index (κ1) is 28.2. The highest BCUT2D eigenvalue weighted by Crippen LogP contribution is 2.34. The van der Waals surface area contributed by atoms with Gasteiger partial charge in [-0.1, -0.05) is 12.6 Å². The van der Waals surface area contributed by atoms with Crippen molar-refractivity contribution in [3.05, 3.63) is 78.8 Å². The van der Waals surface area contributed by atoms with Gasteiger partial charge in [-0.15, -0.1) is 0 Å². The number of likely N-dealkylation sites (N-methyl/N-ethyl adjacent to an activating group) is 1. The van der Waals surface area contributed by atoms with E-state index in [1.54, 1.807) is 19.2 Å². The van der Waals surface area contributed by atoms with Gasteiger partial charge in [0.05, 0.1) is 17.1 Å². The highest BCUT2D eigenvalue weighted by atomic mass is 19.1. The molecule has 1 aliphatic rings. The molecule has 3 aromatic rings. The number of nitrogens with one attached hydrogen (secondary N) is 3. The van der Waals surface area contributed by atoms with Crippen molar-refractivity contribution in [2.75, 3.05) is 55.1 Å². The predicted octanol–water partition coefficient (Wildman–Crippen LogP) is 3.95. The summed E-state index contributed by atoms with van der Waals surface area (Å²) in [5, 5.41) is 8.50. The molecule has 1 aliphatic heterocycles. The molecule has 0 unspecified atom stereocenters. The standard InChI is InChI=1S/C28H31F2N9O/c1-5-26(40)34-18-7-8-22(29)24(11-18)36-27-21(14-33-28(37-27)35-19(12-31)13-32-2)17-6-9-25(23(30)10-17)39-15-20(16-39)38(3)4/h5-14,20H,1,15-16,31H2,2-4H3,(H,34,40)(H2,33,35,36,37)/b19-12+,32-13?. The summed E-state index contributed by atoms with van der Waals surface area (Å²) in [7, 11) is 5.59. The van der Waals surface area contributed by atoms with E-state index >= 15 is 4.39 Å².